The zero-order chi connectivity index (χ0) is 13.9. The molecular formula is C16H21ClO2. The van der Waals surface area contributed by atoms with Crippen molar-refractivity contribution < 1.29 is 9.47 Å². The van der Waals surface area contributed by atoms with Gasteiger partial charge >= 0.3 is 0 Å². The highest BCUT2D eigenvalue weighted by atomic mass is 35.5. The van der Waals surface area contributed by atoms with Crippen LogP contribution >= 0.6 is 11.6 Å². The highest BCUT2D eigenvalue weighted by molar-refractivity contribution is 6.18. The maximum Gasteiger partial charge on any atom is 0.119 e. The van der Waals surface area contributed by atoms with Crippen LogP contribution in [0.5, 0.6) is 5.75 Å². The molecule has 0 saturated heterocycles. The van der Waals surface area contributed by atoms with Gasteiger partial charge in [-0.15, -0.1) is 11.6 Å². The standard InChI is InChI=1S/C16H21ClO2/c1-3-10-18-11-12-19-16-8-7-15(14(2)13-16)6-4-5-9-17/h7-8,13H,3,5,9-12H2,1-2H3. The molecule has 3 heteroatoms. The minimum Gasteiger partial charge on any atom is -0.491 e. The molecule has 1 rings (SSSR count). The van der Waals surface area contributed by atoms with Gasteiger partial charge < -0.3 is 9.47 Å². The smallest absolute Gasteiger partial charge is 0.119 e. The summed E-state index contributed by atoms with van der Waals surface area (Å²) in [5.41, 5.74) is 2.15. The molecule has 19 heavy (non-hydrogen) atoms. The van der Waals surface area contributed by atoms with E-state index in [1.165, 1.54) is 0 Å². The SMILES string of the molecule is CCCOCCOc1ccc(C#CCCCl)c(C)c1. The lowest BCUT2D eigenvalue weighted by Gasteiger charge is -2.08. The molecule has 0 heterocycles. The van der Waals surface area contributed by atoms with Crippen LogP contribution in [0, 0.1) is 18.8 Å². The monoisotopic (exact) mass is 280 g/mol. The van der Waals surface area contributed by atoms with Crippen molar-refractivity contribution in [3.05, 3.63) is 29.3 Å². The Morgan fingerprint density at radius 2 is 2.05 bits per heavy atom. The Hall–Kier alpha value is -1.17. The van der Waals surface area contributed by atoms with Crippen LogP contribution in [0.15, 0.2) is 18.2 Å². The zero-order valence-corrected chi connectivity index (χ0v) is 12.4. The molecule has 0 aromatic heterocycles. The van der Waals surface area contributed by atoms with Crippen LogP contribution in [0.2, 0.25) is 0 Å². The Morgan fingerprint density at radius 1 is 1.21 bits per heavy atom. The quantitative estimate of drug-likeness (QED) is 0.430. The fraction of sp³-hybridized carbons (Fsp3) is 0.500. The van der Waals surface area contributed by atoms with Crippen molar-refractivity contribution >= 4 is 11.6 Å². The summed E-state index contributed by atoms with van der Waals surface area (Å²) in [6.07, 6.45) is 1.75. The predicted octanol–water partition coefficient (Wildman–Crippen LogP) is 3.78. The molecule has 0 aliphatic rings. The fourth-order valence-electron chi connectivity index (χ4n) is 1.54. The van der Waals surface area contributed by atoms with Crippen molar-refractivity contribution in [1.29, 1.82) is 0 Å². The summed E-state index contributed by atoms with van der Waals surface area (Å²) in [6, 6.07) is 5.93. The number of hydrogen-bond acceptors (Lipinski definition) is 2. The third-order valence-electron chi connectivity index (χ3n) is 2.49. The van der Waals surface area contributed by atoms with E-state index in [1.54, 1.807) is 0 Å². The van der Waals surface area contributed by atoms with E-state index in [0.29, 0.717) is 25.5 Å². The molecule has 0 aliphatic heterocycles. The topological polar surface area (TPSA) is 18.5 Å². The van der Waals surface area contributed by atoms with Gasteiger partial charge in [-0.2, -0.15) is 0 Å². The van der Waals surface area contributed by atoms with Crippen molar-refractivity contribution in [2.24, 2.45) is 0 Å². The number of rotatable bonds is 7. The lowest BCUT2D eigenvalue weighted by molar-refractivity contribution is 0.101. The van der Waals surface area contributed by atoms with Crippen LogP contribution in [-0.2, 0) is 4.74 Å². The van der Waals surface area contributed by atoms with E-state index in [4.69, 9.17) is 21.1 Å². The Labute approximate surface area is 121 Å². The van der Waals surface area contributed by atoms with Crippen molar-refractivity contribution in [1.82, 2.24) is 0 Å². The van der Waals surface area contributed by atoms with Gasteiger partial charge in [0.1, 0.15) is 12.4 Å². The highest BCUT2D eigenvalue weighted by Crippen LogP contribution is 2.16. The normalized spacial score (nSPS) is 9.84. The van der Waals surface area contributed by atoms with Crippen LogP contribution in [-0.4, -0.2) is 25.7 Å². The van der Waals surface area contributed by atoms with Crippen LogP contribution in [0.25, 0.3) is 0 Å². The first-order valence-corrected chi connectivity index (χ1v) is 7.17. The second-order valence-electron chi connectivity index (χ2n) is 4.18. The van der Waals surface area contributed by atoms with Gasteiger partial charge in [-0.1, -0.05) is 18.8 Å². The second kappa shape index (κ2) is 9.72. The van der Waals surface area contributed by atoms with Gasteiger partial charge in [0.15, 0.2) is 0 Å². The van der Waals surface area contributed by atoms with E-state index in [1.807, 2.05) is 25.1 Å². The summed E-state index contributed by atoms with van der Waals surface area (Å²) in [5.74, 6) is 7.58. The molecule has 0 amide bonds. The molecule has 0 aliphatic carbocycles. The van der Waals surface area contributed by atoms with E-state index >= 15 is 0 Å². The molecule has 2 nitrogen and oxygen atoms in total. The average molecular weight is 281 g/mol. The maximum absolute atomic E-state index is 5.62. The molecule has 104 valence electrons. The highest BCUT2D eigenvalue weighted by Gasteiger charge is 1.99. The van der Waals surface area contributed by atoms with Crippen LogP contribution < -0.4 is 4.74 Å². The predicted molar refractivity (Wildman–Crippen MR) is 80.0 cm³/mol. The summed E-state index contributed by atoms with van der Waals surface area (Å²) in [6.45, 7) is 6.12. The lowest BCUT2D eigenvalue weighted by Crippen LogP contribution is -2.07. The Kier molecular flexibility index (Phi) is 8.13. The van der Waals surface area contributed by atoms with Gasteiger partial charge in [0.05, 0.1) is 6.61 Å². The van der Waals surface area contributed by atoms with Crippen molar-refractivity contribution in [2.75, 3.05) is 25.7 Å². The molecule has 0 atom stereocenters. The van der Waals surface area contributed by atoms with Crippen LogP contribution in [0.4, 0.5) is 0 Å². The van der Waals surface area contributed by atoms with E-state index in [2.05, 4.69) is 18.8 Å². The summed E-state index contributed by atoms with van der Waals surface area (Å²) >= 11 is 5.59. The van der Waals surface area contributed by atoms with Gasteiger partial charge in [-0.05, 0) is 37.1 Å². The molecule has 0 bridgehead atoms. The molecule has 0 spiro atoms. The average Bonchev–Trinajstić information content (AvgIpc) is 2.41. The maximum atomic E-state index is 5.62. The van der Waals surface area contributed by atoms with E-state index < -0.39 is 0 Å². The second-order valence-corrected chi connectivity index (χ2v) is 4.56. The number of hydrogen-bond donors (Lipinski definition) is 0. The number of alkyl halides is 1. The fourth-order valence-corrected chi connectivity index (χ4v) is 1.63. The van der Waals surface area contributed by atoms with Crippen LogP contribution in [0.1, 0.15) is 30.9 Å². The largest absolute Gasteiger partial charge is 0.491 e. The number of ether oxygens (including phenoxy) is 2. The van der Waals surface area contributed by atoms with Crippen molar-refractivity contribution in [2.45, 2.75) is 26.7 Å². The lowest BCUT2D eigenvalue weighted by atomic mass is 10.1. The first-order chi connectivity index (χ1) is 9.27. The molecule has 0 unspecified atom stereocenters. The molecule has 0 saturated carbocycles. The summed E-state index contributed by atoms with van der Waals surface area (Å²) < 4.78 is 11.0. The molecule has 0 radical (unpaired) electrons. The molecule has 1 aromatic rings. The third kappa shape index (κ3) is 6.52. The van der Waals surface area contributed by atoms with Gasteiger partial charge in [-0.25, -0.2) is 0 Å². The first kappa shape index (κ1) is 15.9. The number of benzene rings is 1. The van der Waals surface area contributed by atoms with Gasteiger partial charge in [-0.3, -0.25) is 0 Å². The molecular weight excluding hydrogens is 260 g/mol. The summed E-state index contributed by atoms with van der Waals surface area (Å²) in [4.78, 5) is 0. The minimum atomic E-state index is 0.574. The van der Waals surface area contributed by atoms with E-state index in [-0.39, 0.29) is 0 Å². The Bertz CT molecular complexity index is 432. The Morgan fingerprint density at radius 3 is 2.74 bits per heavy atom. The number of halogens is 1. The van der Waals surface area contributed by atoms with E-state index in [9.17, 15) is 0 Å². The minimum absolute atomic E-state index is 0.574. The summed E-state index contributed by atoms with van der Waals surface area (Å²) in [7, 11) is 0. The van der Waals surface area contributed by atoms with Crippen molar-refractivity contribution in [3.8, 4) is 17.6 Å². The van der Waals surface area contributed by atoms with Gasteiger partial charge in [0.25, 0.3) is 0 Å². The molecule has 1 aromatic carbocycles. The first-order valence-electron chi connectivity index (χ1n) is 6.64. The van der Waals surface area contributed by atoms with Gasteiger partial charge in [0.2, 0.25) is 0 Å². The van der Waals surface area contributed by atoms with Crippen molar-refractivity contribution in [3.63, 3.8) is 0 Å². The Balaban J connectivity index is 2.46. The third-order valence-corrected chi connectivity index (χ3v) is 2.67. The van der Waals surface area contributed by atoms with Gasteiger partial charge in [0, 0.05) is 24.5 Å². The number of aryl methyl sites for hydroxylation is 1. The zero-order valence-electron chi connectivity index (χ0n) is 11.7. The van der Waals surface area contributed by atoms with Crippen LogP contribution in [0.3, 0.4) is 0 Å². The molecule has 0 fully saturated rings. The molecule has 0 N–H and O–H groups in total. The van der Waals surface area contributed by atoms with E-state index in [0.717, 1.165) is 29.9 Å². The summed E-state index contributed by atoms with van der Waals surface area (Å²) in [5, 5.41) is 0.